The van der Waals surface area contributed by atoms with Crippen LogP contribution in [0.2, 0.25) is 0 Å². The third-order valence-electron chi connectivity index (χ3n) is 3.45. The van der Waals surface area contributed by atoms with E-state index < -0.39 is 0 Å². The van der Waals surface area contributed by atoms with Crippen molar-refractivity contribution in [2.75, 3.05) is 24.3 Å². The Labute approximate surface area is 140 Å². The number of aromatic nitrogens is 2. The first-order valence-corrected chi connectivity index (χ1v) is 7.73. The van der Waals surface area contributed by atoms with Crippen LogP contribution in [0.25, 0.3) is 11.0 Å². The molecule has 23 heavy (non-hydrogen) atoms. The minimum absolute atomic E-state index is 0.216. The van der Waals surface area contributed by atoms with Crippen LogP contribution in [0.1, 0.15) is 10.4 Å². The lowest BCUT2D eigenvalue weighted by atomic mass is 10.2. The lowest BCUT2D eigenvalue weighted by Crippen LogP contribution is -2.16. The van der Waals surface area contributed by atoms with Crippen LogP contribution < -0.4 is 15.9 Å². The van der Waals surface area contributed by atoms with Crippen molar-refractivity contribution in [2.45, 2.75) is 0 Å². The molecule has 0 fully saturated rings. The van der Waals surface area contributed by atoms with Crippen molar-refractivity contribution in [3.05, 3.63) is 56.9 Å². The van der Waals surface area contributed by atoms with E-state index in [9.17, 15) is 9.59 Å². The van der Waals surface area contributed by atoms with Crippen molar-refractivity contribution < 1.29 is 4.79 Å². The maximum Gasteiger partial charge on any atom is 0.323 e. The zero-order valence-corrected chi connectivity index (χ0v) is 14.2. The summed E-state index contributed by atoms with van der Waals surface area (Å²) < 4.78 is 0.836. The van der Waals surface area contributed by atoms with Gasteiger partial charge in [0.15, 0.2) is 0 Å². The molecule has 0 radical (unpaired) electrons. The molecule has 1 heterocycles. The Morgan fingerprint density at radius 2 is 1.83 bits per heavy atom. The fraction of sp³-hybridized carbons (Fsp3) is 0.125. The lowest BCUT2D eigenvalue weighted by Gasteiger charge is -2.18. The van der Waals surface area contributed by atoms with E-state index in [2.05, 4.69) is 31.2 Å². The highest BCUT2D eigenvalue weighted by Crippen LogP contribution is 2.29. The molecule has 0 aliphatic rings. The number of nitrogens with one attached hydrogen (secondary N) is 3. The Balaban J connectivity index is 2.02. The van der Waals surface area contributed by atoms with E-state index in [-0.39, 0.29) is 11.6 Å². The molecule has 0 bridgehead atoms. The van der Waals surface area contributed by atoms with Gasteiger partial charge in [0.1, 0.15) is 0 Å². The van der Waals surface area contributed by atoms with Crippen molar-refractivity contribution in [3.8, 4) is 0 Å². The van der Waals surface area contributed by atoms with Crippen LogP contribution in [0.4, 0.5) is 11.4 Å². The van der Waals surface area contributed by atoms with Crippen LogP contribution in [0, 0.1) is 0 Å². The summed E-state index contributed by atoms with van der Waals surface area (Å²) in [5.74, 6) is -0.216. The molecule has 3 rings (SSSR count). The van der Waals surface area contributed by atoms with Gasteiger partial charge in [0.05, 0.1) is 22.4 Å². The first-order valence-electron chi connectivity index (χ1n) is 6.94. The van der Waals surface area contributed by atoms with E-state index in [1.54, 1.807) is 24.3 Å². The van der Waals surface area contributed by atoms with Crippen molar-refractivity contribution in [2.24, 2.45) is 0 Å². The molecule has 7 heteroatoms. The van der Waals surface area contributed by atoms with Crippen LogP contribution in [0.5, 0.6) is 0 Å². The fourth-order valence-electron chi connectivity index (χ4n) is 2.37. The molecule has 0 saturated heterocycles. The number of H-pyrrole nitrogens is 2. The van der Waals surface area contributed by atoms with Gasteiger partial charge in [-0.05, 0) is 30.3 Å². The summed E-state index contributed by atoms with van der Waals surface area (Å²) in [5.41, 5.74) is 3.04. The fourth-order valence-corrected chi connectivity index (χ4v) is 2.76. The molecule has 0 aliphatic heterocycles. The Morgan fingerprint density at radius 1 is 1.13 bits per heavy atom. The van der Waals surface area contributed by atoms with Crippen molar-refractivity contribution in [1.82, 2.24) is 9.97 Å². The molecule has 118 valence electrons. The number of nitrogens with zero attached hydrogens (tertiary/aromatic N) is 1. The van der Waals surface area contributed by atoms with Crippen molar-refractivity contribution >= 4 is 44.2 Å². The SMILES string of the molecule is CN(C)c1cc2[nH]c(=O)[nH]c2cc1NC(=O)c1cccc(Br)c1. The molecular formula is C16H15BrN4O2. The highest BCUT2D eigenvalue weighted by molar-refractivity contribution is 9.10. The van der Waals surface area contributed by atoms with E-state index >= 15 is 0 Å². The smallest absolute Gasteiger partial charge is 0.323 e. The number of anilines is 2. The third-order valence-corrected chi connectivity index (χ3v) is 3.94. The Kier molecular flexibility index (Phi) is 3.96. The van der Waals surface area contributed by atoms with Gasteiger partial charge in [0, 0.05) is 24.1 Å². The number of hydrogen-bond donors (Lipinski definition) is 3. The first-order chi connectivity index (χ1) is 10.9. The average Bonchev–Trinajstić information content (AvgIpc) is 2.85. The summed E-state index contributed by atoms with van der Waals surface area (Å²) in [6.45, 7) is 0. The number of carbonyl (C=O) groups excluding carboxylic acids is 1. The van der Waals surface area contributed by atoms with Gasteiger partial charge in [-0.2, -0.15) is 0 Å². The van der Waals surface area contributed by atoms with Crippen LogP contribution in [0.15, 0.2) is 45.7 Å². The van der Waals surface area contributed by atoms with Gasteiger partial charge >= 0.3 is 5.69 Å². The van der Waals surface area contributed by atoms with Gasteiger partial charge in [-0.1, -0.05) is 22.0 Å². The number of aromatic amines is 2. The summed E-state index contributed by atoms with van der Waals surface area (Å²) in [6, 6.07) is 10.7. The molecule has 1 aromatic heterocycles. The monoisotopic (exact) mass is 374 g/mol. The normalized spacial score (nSPS) is 10.7. The Morgan fingerprint density at radius 3 is 2.48 bits per heavy atom. The summed E-state index contributed by atoms with van der Waals surface area (Å²) in [6.07, 6.45) is 0. The predicted molar refractivity (Wildman–Crippen MR) is 95.3 cm³/mol. The number of fused-ring (bicyclic) bond motifs is 1. The van der Waals surface area contributed by atoms with Gasteiger partial charge in [0.25, 0.3) is 5.91 Å². The Bertz CT molecular complexity index is 943. The second-order valence-corrected chi connectivity index (χ2v) is 6.27. The molecule has 0 saturated carbocycles. The molecule has 0 atom stereocenters. The second kappa shape index (κ2) is 5.92. The van der Waals surface area contributed by atoms with Gasteiger partial charge in [-0.25, -0.2) is 4.79 Å². The number of imidazole rings is 1. The van der Waals surface area contributed by atoms with Gasteiger partial charge in [0.2, 0.25) is 0 Å². The largest absolute Gasteiger partial charge is 0.376 e. The number of hydrogen-bond acceptors (Lipinski definition) is 3. The van der Waals surface area contributed by atoms with E-state index in [0.717, 1.165) is 10.2 Å². The zero-order valence-electron chi connectivity index (χ0n) is 12.6. The quantitative estimate of drug-likeness (QED) is 0.659. The molecule has 3 aromatic rings. The van der Waals surface area contributed by atoms with E-state index in [1.165, 1.54) is 0 Å². The van der Waals surface area contributed by atoms with Crippen LogP contribution in [-0.2, 0) is 0 Å². The molecule has 0 spiro atoms. The highest BCUT2D eigenvalue weighted by Gasteiger charge is 2.13. The van der Waals surface area contributed by atoms with Gasteiger partial charge in [-0.3, -0.25) is 4.79 Å². The van der Waals surface area contributed by atoms with E-state index in [0.29, 0.717) is 22.3 Å². The summed E-state index contributed by atoms with van der Waals surface area (Å²) in [7, 11) is 3.75. The molecule has 0 unspecified atom stereocenters. The summed E-state index contributed by atoms with van der Waals surface area (Å²) in [5, 5.41) is 2.90. The highest BCUT2D eigenvalue weighted by atomic mass is 79.9. The molecule has 3 N–H and O–H groups in total. The number of carbonyl (C=O) groups is 1. The Hall–Kier alpha value is -2.54. The molecule has 0 aliphatic carbocycles. The topological polar surface area (TPSA) is 81.0 Å². The lowest BCUT2D eigenvalue weighted by molar-refractivity contribution is 0.102. The van der Waals surface area contributed by atoms with E-state index in [1.807, 2.05) is 31.1 Å². The van der Waals surface area contributed by atoms with Gasteiger partial charge < -0.3 is 20.2 Å². The number of benzene rings is 2. The zero-order chi connectivity index (χ0) is 16.6. The average molecular weight is 375 g/mol. The number of halogens is 1. The number of rotatable bonds is 3. The minimum Gasteiger partial charge on any atom is -0.376 e. The van der Waals surface area contributed by atoms with E-state index in [4.69, 9.17) is 0 Å². The third kappa shape index (κ3) is 3.14. The van der Waals surface area contributed by atoms with Crippen LogP contribution in [-0.4, -0.2) is 30.0 Å². The molecule has 1 amide bonds. The molecule has 2 aromatic carbocycles. The molecule has 6 nitrogen and oxygen atoms in total. The van der Waals surface area contributed by atoms with Crippen molar-refractivity contribution in [1.29, 1.82) is 0 Å². The minimum atomic E-state index is -0.278. The van der Waals surface area contributed by atoms with Crippen molar-refractivity contribution in [3.63, 3.8) is 0 Å². The summed E-state index contributed by atoms with van der Waals surface area (Å²) >= 11 is 3.36. The van der Waals surface area contributed by atoms with Crippen LogP contribution >= 0.6 is 15.9 Å². The maximum absolute atomic E-state index is 12.5. The first kappa shape index (κ1) is 15.4. The number of amides is 1. The molecular weight excluding hydrogens is 360 g/mol. The summed E-state index contributed by atoms with van der Waals surface area (Å²) in [4.78, 5) is 31.2. The predicted octanol–water partition coefficient (Wildman–Crippen LogP) is 2.94. The maximum atomic E-state index is 12.5. The van der Waals surface area contributed by atoms with Gasteiger partial charge in [-0.15, -0.1) is 0 Å². The second-order valence-electron chi connectivity index (χ2n) is 5.35. The van der Waals surface area contributed by atoms with Crippen LogP contribution in [0.3, 0.4) is 0 Å². The standard InChI is InChI=1S/C16H15BrN4O2/c1-21(2)14-8-12-11(19-16(23)20-12)7-13(14)18-15(22)9-4-3-5-10(17)6-9/h3-8H,1-2H3,(H,18,22)(H2,19,20,23).